The zero-order valence-electron chi connectivity index (χ0n) is 11.7. The molecule has 3 rings (SSSR count). The van der Waals surface area contributed by atoms with Crippen molar-refractivity contribution in [3.63, 3.8) is 0 Å². The lowest BCUT2D eigenvalue weighted by atomic mass is 10.2. The molecule has 0 saturated heterocycles. The average molecular weight is 306 g/mol. The Balaban J connectivity index is 1.71. The van der Waals surface area contributed by atoms with Crippen molar-refractivity contribution in [3.8, 4) is 0 Å². The number of furan rings is 1. The number of hydrogen-bond acceptors (Lipinski definition) is 4. The van der Waals surface area contributed by atoms with Crippen molar-refractivity contribution in [3.05, 3.63) is 47.4 Å². The van der Waals surface area contributed by atoms with Gasteiger partial charge in [0.15, 0.2) is 5.22 Å². The van der Waals surface area contributed by atoms with Gasteiger partial charge in [-0.3, -0.25) is 4.68 Å². The van der Waals surface area contributed by atoms with E-state index in [1.807, 2.05) is 35.1 Å². The Hall–Kier alpha value is -1.98. The number of para-hydroxylation sites is 1. The topological polar surface area (TPSA) is 52.2 Å². The first-order chi connectivity index (χ1) is 10.3. The maximum Gasteiger partial charge on any atom is 0.199 e. The standard InChI is InChI=1S/C15H16ClN3O2/c1-20-7-6-19-10-11(8-18-19)17-9-13-12-4-2-3-5-14(12)21-15(13)16/h2-5,8,10,17H,6-7,9H2,1H3. The van der Waals surface area contributed by atoms with Crippen LogP contribution in [0.3, 0.4) is 0 Å². The van der Waals surface area contributed by atoms with Crippen LogP contribution in [0.25, 0.3) is 11.0 Å². The van der Waals surface area contributed by atoms with Gasteiger partial charge in [-0.2, -0.15) is 5.10 Å². The summed E-state index contributed by atoms with van der Waals surface area (Å²) in [5, 5.41) is 9.02. The molecule has 21 heavy (non-hydrogen) atoms. The van der Waals surface area contributed by atoms with E-state index < -0.39 is 0 Å². The Morgan fingerprint density at radius 3 is 3.10 bits per heavy atom. The molecule has 3 aromatic rings. The van der Waals surface area contributed by atoms with Gasteiger partial charge in [0.25, 0.3) is 0 Å². The number of fused-ring (bicyclic) bond motifs is 1. The van der Waals surface area contributed by atoms with E-state index in [4.69, 9.17) is 20.8 Å². The maximum atomic E-state index is 6.16. The van der Waals surface area contributed by atoms with Crippen molar-refractivity contribution in [1.82, 2.24) is 9.78 Å². The van der Waals surface area contributed by atoms with E-state index in [0.29, 0.717) is 18.4 Å². The molecule has 0 aliphatic heterocycles. The van der Waals surface area contributed by atoms with Gasteiger partial charge >= 0.3 is 0 Å². The monoisotopic (exact) mass is 305 g/mol. The quantitative estimate of drug-likeness (QED) is 0.757. The Labute approximate surface area is 127 Å². The van der Waals surface area contributed by atoms with Crippen molar-refractivity contribution < 1.29 is 9.15 Å². The summed E-state index contributed by atoms with van der Waals surface area (Å²) < 4.78 is 12.4. The Morgan fingerprint density at radius 2 is 2.24 bits per heavy atom. The van der Waals surface area contributed by atoms with Gasteiger partial charge in [-0.05, 0) is 17.7 Å². The van der Waals surface area contributed by atoms with Gasteiger partial charge < -0.3 is 14.5 Å². The highest BCUT2D eigenvalue weighted by Crippen LogP contribution is 2.30. The van der Waals surface area contributed by atoms with Crippen LogP contribution in [0.2, 0.25) is 5.22 Å². The molecule has 0 bridgehead atoms. The molecule has 0 unspecified atom stereocenters. The van der Waals surface area contributed by atoms with Gasteiger partial charge in [-0.15, -0.1) is 0 Å². The number of halogens is 1. The van der Waals surface area contributed by atoms with Crippen molar-refractivity contribution >= 4 is 28.3 Å². The van der Waals surface area contributed by atoms with E-state index in [0.717, 1.165) is 28.8 Å². The van der Waals surface area contributed by atoms with Crippen molar-refractivity contribution in [2.45, 2.75) is 13.1 Å². The molecule has 110 valence electrons. The number of benzene rings is 1. The minimum Gasteiger partial charge on any atom is -0.444 e. The van der Waals surface area contributed by atoms with Crippen LogP contribution < -0.4 is 5.32 Å². The van der Waals surface area contributed by atoms with Crippen LogP contribution in [0.1, 0.15) is 5.56 Å². The van der Waals surface area contributed by atoms with E-state index in [2.05, 4.69) is 10.4 Å². The minimum absolute atomic E-state index is 0.426. The van der Waals surface area contributed by atoms with E-state index in [1.165, 1.54) is 0 Å². The summed E-state index contributed by atoms with van der Waals surface area (Å²) in [7, 11) is 1.68. The molecule has 2 heterocycles. The maximum absolute atomic E-state index is 6.16. The molecule has 1 N–H and O–H groups in total. The largest absolute Gasteiger partial charge is 0.444 e. The van der Waals surface area contributed by atoms with Gasteiger partial charge in [0.1, 0.15) is 5.58 Å². The molecule has 5 nitrogen and oxygen atoms in total. The zero-order chi connectivity index (χ0) is 14.7. The number of anilines is 1. The lowest BCUT2D eigenvalue weighted by Crippen LogP contribution is -2.04. The van der Waals surface area contributed by atoms with Gasteiger partial charge in [-0.1, -0.05) is 18.2 Å². The highest BCUT2D eigenvalue weighted by molar-refractivity contribution is 6.30. The highest BCUT2D eigenvalue weighted by Gasteiger charge is 2.11. The first-order valence-electron chi connectivity index (χ1n) is 6.69. The van der Waals surface area contributed by atoms with Crippen LogP contribution in [0.15, 0.2) is 41.1 Å². The molecule has 0 radical (unpaired) electrons. The Morgan fingerprint density at radius 1 is 1.38 bits per heavy atom. The second-order valence-corrected chi connectivity index (χ2v) is 5.03. The molecule has 2 aromatic heterocycles. The third kappa shape index (κ3) is 3.04. The Bertz CT molecular complexity index is 735. The van der Waals surface area contributed by atoms with Crippen LogP contribution in [-0.4, -0.2) is 23.5 Å². The molecule has 0 aliphatic carbocycles. The fourth-order valence-corrected chi connectivity index (χ4v) is 2.44. The smallest absolute Gasteiger partial charge is 0.199 e. The molecular formula is C15H16ClN3O2. The lowest BCUT2D eigenvalue weighted by molar-refractivity contribution is 0.183. The summed E-state index contributed by atoms with van der Waals surface area (Å²) in [6.45, 7) is 1.96. The lowest BCUT2D eigenvalue weighted by Gasteiger charge is -2.02. The second kappa shape index (κ2) is 6.20. The predicted molar refractivity (Wildman–Crippen MR) is 82.7 cm³/mol. The Kier molecular flexibility index (Phi) is 4.13. The van der Waals surface area contributed by atoms with Crippen LogP contribution in [0, 0.1) is 0 Å². The summed E-state index contributed by atoms with van der Waals surface area (Å²) in [6, 6.07) is 7.82. The van der Waals surface area contributed by atoms with E-state index in [1.54, 1.807) is 13.3 Å². The van der Waals surface area contributed by atoms with Crippen LogP contribution in [-0.2, 0) is 17.8 Å². The normalized spacial score (nSPS) is 11.1. The highest BCUT2D eigenvalue weighted by atomic mass is 35.5. The van der Waals surface area contributed by atoms with Gasteiger partial charge in [0.05, 0.1) is 25.0 Å². The SMILES string of the molecule is COCCn1cc(NCc2c(Cl)oc3ccccc23)cn1. The van der Waals surface area contributed by atoms with Crippen LogP contribution >= 0.6 is 11.6 Å². The van der Waals surface area contributed by atoms with Crippen LogP contribution in [0.5, 0.6) is 0 Å². The third-order valence-corrected chi connectivity index (χ3v) is 3.58. The average Bonchev–Trinajstić information content (AvgIpc) is 3.06. The first kappa shape index (κ1) is 14.0. The molecule has 0 amide bonds. The second-order valence-electron chi connectivity index (χ2n) is 4.69. The van der Waals surface area contributed by atoms with Gasteiger partial charge in [-0.25, -0.2) is 0 Å². The number of hydrogen-bond donors (Lipinski definition) is 1. The predicted octanol–water partition coefficient (Wildman–Crippen LogP) is 3.54. The number of nitrogens with one attached hydrogen (secondary N) is 1. The van der Waals surface area contributed by atoms with Gasteiger partial charge in [0.2, 0.25) is 0 Å². The summed E-state index contributed by atoms with van der Waals surface area (Å²) in [5.74, 6) is 0. The van der Waals surface area contributed by atoms with Crippen molar-refractivity contribution in [2.75, 3.05) is 19.0 Å². The van der Waals surface area contributed by atoms with Gasteiger partial charge in [0, 0.05) is 30.8 Å². The van der Waals surface area contributed by atoms with Crippen molar-refractivity contribution in [2.24, 2.45) is 0 Å². The van der Waals surface area contributed by atoms with Crippen LogP contribution in [0.4, 0.5) is 5.69 Å². The fraction of sp³-hybridized carbons (Fsp3) is 0.267. The van der Waals surface area contributed by atoms with E-state index in [-0.39, 0.29) is 0 Å². The number of nitrogens with zero attached hydrogens (tertiary/aromatic N) is 2. The molecule has 0 fully saturated rings. The first-order valence-corrected chi connectivity index (χ1v) is 7.07. The van der Waals surface area contributed by atoms with E-state index >= 15 is 0 Å². The summed E-state index contributed by atoms with van der Waals surface area (Å²) >= 11 is 6.16. The summed E-state index contributed by atoms with van der Waals surface area (Å²) in [6.07, 6.45) is 3.72. The number of ether oxygens (including phenoxy) is 1. The molecule has 1 aromatic carbocycles. The minimum atomic E-state index is 0.426. The van der Waals surface area contributed by atoms with Crippen molar-refractivity contribution in [1.29, 1.82) is 0 Å². The number of rotatable bonds is 6. The number of methoxy groups -OCH3 is 1. The molecule has 6 heteroatoms. The van der Waals surface area contributed by atoms with E-state index in [9.17, 15) is 0 Å². The molecular weight excluding hydrogens is 290 g/mol. The molecule has 0 saturated carbocycles. The molecule has 0 atom stereocenters. The zero-order valence-corrected chi connectivity index (χ0v) is 12.4. The number of aromatic nitrogens is 2. The third-order valence-electron chi connectivity index (χ3n) is 3.28. The molecule has 0 aliphatic rings. The molecule has 0 spiro atoms. The summed E-state index contributed by atoms with van der Waals surface area (Å²) in [4.78, 5) is 0. The summed E-state index contributed by atoms with van der Waals surface area (Å²) in [5.41, 5.74) is 2.69. The fourth-order valence-electron chi connectivity index (χ4n) is 2.19.